The lowest BCUT2D eigenvalue weighted by Crippen LogP contribution is -2.27. The van der Waals surface area contributed by atoms with Crippen LogP contribution in [0.25, 0.3) is 17.4 Å². The minimum Gasteiger partial charge on any atom is -0.457 e. The van der Waals surface area contributed by atoms with Gasteiger partial charge in [0.1, 0.15) is 20.9 Å². The highest BCUT2D eigenvalue weighted by Gasteiger charge is 2.32. The number of halogens is 1. The number of amides is 1. The molecule has 2 aromatic carbocycles. The van der Waals surface area contributed by atoms with Crippen molar-refractivity contribution in [3.8, 4) is 11.3 Å². The number of nitrogens with zero attached hydrogens (tertiary/aromatic N) is 2. The minimum absolute atomic E-state index is 0.0534. The first-order chi connectivity index (χ1) is 14.4. The van der Waals surface area contributed by atoms with E-state index in [9.17, 15) is 14.9 Å². The second-order valence-corrected chi connectivity index (χ2v) is 8.46. The van der Waals surface area contributed by atoms with E-state index in [2.05, 4.69) is 0 Å². The first-order valence-electron chi connectivity index (χ1n) is 8.76. The second kappa shape index (κ2) is 8.43. The summed E-state index contributed by atoms with van der Waals surface area (Å²) in [5.41, 5.74) is 1.30. The Morgan fingerprint density at radius 3 is 2.67 bits per heavy atom. The van der Waals surface area contributed by atoms with Crippen LogP contribution in [0, 0.1) is 10.1 Å². The van der Waals surface area contributed by atoms with Gasteiger partial charge in [0.15, 0.2) is 0 Å². The lowest BCUT2D eigenvalue weighted by molar-refractivity contribution is -0.384. The van der Waals surface area contributed by atoms with Crippen molar-refractivity contribution in [3.05, 3.63) is 92.0 Å². The van der Waals surface area contributed by atoms with Gasteiger partial charge in [0.05, 0.1) is 16.4 Å². The third kappa shape index (κ3) is 4.16. The number of thioether (sulfide) groups is 1. The van der Waals surface area contributed by atoms with Gasteiger partial charge in [-0.3, -0.25) is 19.8 Å². The van der Waals surface area contributed by atoms with Crippen LogP contribution in [-0.4, -0.2) is 20.1 Å². The Balaban J connectivity index is 1.56. The molecule has 9 heteroatoms. The molecule has 1 fully saturated rings. The van der Waals surface area contributed by atoms with E-state index in [0.29, 0.717) is 32.9 Å². The number of nitro benzene ring substituents is 1. The second-order valence-electron chi connectivity index (χ2n) is 6.38. The highest BCUT2D eigenvalue weighted by Crippen LogP contribution is 2.35. The van der Waals surface area contributed by atoms with E-state index < -0.39 is 4.92 Å². The maximum atomic E-state index is 12.8. The molecule has 3 aromatic rings. The molecule has 0 saturated carbocycles. The van der Waals surface area contributed by atoms with Gasteiger partial charge in [-0.2, -0.15) is 0 Å². The number of carbonyl (C=O) groups is 1. The zero-order chi connectivity index (χ0) is 21.3. The van der Waals surface area contributed by atoms with E-state index in [1.54, 1.807) is 29.2 Å². The maximum absolute atomic E-state index is 12.8. The predicted molar refractivity (Wildman–Crippen MR) is 121 cm³/mol. The molecule has 1 aromatic heterocycles. The Morgan fingerprint density at radius 2 is 1.93 bits per heavy atom. The summed E-state index contributed by atoms with van der Waals surface area (Å²) in [5.74, 6) is 0.692. The van der Waals surface area contributed by atoms with E-state index in [1.807, 2.05) is 30.3 Å². The van der Waals surface area contributed by atoms with E-state index >= 15 is 0 Å². The molecule has 0 spiro atoms. The topological polar surface area (TPSA) is 76.6 Å². The van der Waals surface area contributed by atoms with Crippen LogP contribution in [0.2, 0.25) is 5.02 Å². The SMILES string of the molecule is O=C1/C(=C/c2ccc(-c3ccc(Cl)c([N+](=O)[O-])c3)o2)SC(=S)N1Cc1ccccc1. The Kier molecular flexibility index (Phi) is 5.72. The number of nitro groups is 1. The third-order valence-electron chi connectivity index (χ3n) is 4.38. The first kappa shape index (κ1) is 20.3. The van der Waals surface area contributed by atoms with E-state index in [-0.39, 0.29) is 16.6 Å². The van der Waals surface area contributed by atoms with E-state index in [1.165, 1.54) is 23.9 Å². The Morgan fingerprint density at radius 1 is 1.17 bits per heavy atom. The number of rotatable bonds is 5. The summed E-state index contributed by atoms with van der Waals surface area (Å²) in [6, 6.07) is 17.4. The lowest BCUT2D eigenvalue weighted by Gasteiger charge is -2.14. The molecule has 2 heterocycles. The monoisotopic (exact) mass is 456 g/mol. The van der Waals surface area contributed by atoms with Gasteiger partial charge in [0.25, 0.3) is 11.6 Å². The van der Waals surface area contributed by atoms with Gasteiger partial charge >= 0.3 is 0 Å². The molecule has 30 heavy (non-hydrogen) atoms. The fourth-order valence-corrected chi connectivity index (χ4v) is 4.34. The van der Waals surface area contributed by atoms with Crippen molar-refractivity contribution in [2.45, 2.75) is 6.54 Å². The molecule has 1 aliphatic heterocycles. The van der Waals surface area contributed by atoms with Crippen molar-refractivity contribution in [1.82, 2.24) is 4.90 Å². The highest BCUT2D eigenvalue weighted by molar-refractivity contribution is 8.26. The van der Waals surface area contributed by atoms with Crippen molar-refractivity contribution in [2.24, 2.45) is 0 Å². The summed E-state index contributed by atoms with van der Waals surface area (Å²) < 4.78 is 6.26. The number of carbonyl (C=O) groups excluding carboxylic acids is 1. The number of thiocarbonyl (C=S) groups is 1. The summed E-state index contributed by atoms with van der Waals surface area (Å²) in [6.45, 7) is 0.403. The van der Waals surface area contributed by atoms with Gasteiger partial charge in [-0.1, -0.05) is 65.9 Å². The minimum atomic E-state index is -0.548. The van der Waals surface area contributed by atoms with Crippen LogP contribution in [0.3, 0.4) is 0 Å². The molecule has 4 rings (SSSR count). The zero-order valence-corrected chi connectivity index (χ0v) is 17.7. The number of furan rings is 1. The molecule has 1 amide bonds. The number of hydrogen-bond donors (Lipinski definition) is 0. The molecule has 1 aliphatic rings. The largest absolute Gasteiger partial charge is 0.457 e. The Labute approximate surface area is 186 Å². The van der Waals surface area contributed by atoms with Crippen LogP contribution in [0.5, 0.6) is 0 Å². The molecule has 0 N–H and O–H groups in total. The van der Waals surface area contributed by atoms with Crippen LogP contribution in [0.15, 0.2) is 70.0 Å². The third-order valence-corrected chi connectivity index (χ3v) is 6.08. The molecule has 150 valence electrons. The van der Waals surface area contributed by atoms with Crippen molar-refractivity contribution in [2.75, 3.05) is 0 Å². The molecule has 0 aliphatic carbocycles. The van der Waals surface area contributed by atoms with Gasteiger partial charge < -0.3 is 4.42 Å². The summed E-state index contributed by atoms with van der Waals surface area (Å²) in [4.78, 5) is 25.3. The zero-order valence-electron chi connectivity index (χ0n) is 15.3. The highest BCUT2D eigenvalue weighted by atomic mass is 35.5. The standard InChI is InChI=1S/C21H13ClN2O4S2/c22-16-8-6-14(10-17(16)24(26)27)18-9-7-15(28-18)11-19-20(25)23(21(29)30-19)12-13-4-2-1-3-5-13/h1-11H,12H2/b19-11-. The fraction of sp³-hybridized carbons (Fsp3) is 0.0476. The molecule has 0 unspecified atom stereocenters. The first-order valence-corrected chi connectivity index (χ1v) is 10.4. The molecule has 1 saturated heterocycles. The van der Waals surface area contributed by atoms with Crippen molar-refractivity contribution in [1.29, 1.82) is 0 Å². The van der Waals surface area contributed by atoms with Crippen LogP contribution < -0.4 is 0 Å². The fourth-order valence-electron chi connectivity index (χ4n) is 2.92. The van der Waals surface area contributed by atoms with Crippen molar-refractivity contribution >= 4 is 57.6 Å². The summed E-state index contributed by atoms with van der Waals surface area (Å²) in [5, 5.41) is 11.1. The van der Waals surface area contributed by atoms with Crippen molar-refractivity contribution < 1.29 is 14.1 Å². The molecule has 0 atom stereocenters. The van der Waals surface area contributed by atoms with Gasteiger partial charge in [0.2, 0.25) is 0 Å². The van der Waals surface area contributed by atoms with Gasteiger partial charge in [-0.25, -0.2) is 0 Å². The van der Waals surface area contributed by atoms with Gasteiger partial charge in [-0.15, -0.1) is 0 Å². The van der Waals surface area contributed by atoms with Crippen LogP contribution >= 0.6 is 35.6 Å². The Bertz CT molecular complexity index is 1190. The van der Waals surface area contributed by atoms with E-state index in [0.717, 1.165) is 5.56 Å². The lowest BCUT2D eigenvalue weighted by atomic mass is 10.1. The van der Waals surface area contributed by atoms with Crippen LogP contribution in [0.1, 0.15) is 11.3 Å². The van der Waals surface area contributed by atoms with E-state index in [4.69, 9.17) is 28.2 Å². The summed E-state index contributed by atoms with van der Waals surface area (Å²) in [7, 11) is 0. The molecule has 0 bridgehead atoms. The molecule has 6 nitrogen and oxygen atoms in total. The normalized spacial score (nSPS) is 15.2. The average molecular weight is 457 g/mol. The average Bonchev–Trinajstić information content (AvgIpc) is 3.29. The summed E-state index contributed by atoms with van der Waals surface area (Å²) >= 11 is 12.4. The summed E-state index contributed by atoms with van der Waals surface area (Å²) in [6.07, 6.45) is 1.62. The van der Waals surface area contributed by atoms with Crippen molar-refractivity contribution in [3.63, 3.8) is 0 Å². The van der Waals surface area contributed by atoms with Gasteiger partial charge in [-0.05, 0) is 29.8 Å². The van der Waals surface area contributed by atoms with Crippen LogP contribution in [-0.2, 0) is 11.3 Å². The number of benzene rings is 2. The van der Waals surface area contributed by atoms with Crippen LogP contribution in [0.4, 0.5) is 5.69 Å². The quantitative estimate of drug-likeness (QED) is 0.205. The predicted octanol–water partition coefficient (Wildman–Crippen LogP) is 5.91. The molecular formula is C21H13ClN2O4S2. The molecular weight excluding hydrogens is 444 g/mol. The maximum Gasteiger partial charge on any atom is 0.288 e. The Hall–Kier alpha value is -2.94. The molecule has 0 radical (unpaired) electrons. The smallest absolute Gasteiger partial charge is 0.288 e. The number of hydrogen-bond acceptors (Lipinski definition) is 6. The van der Waals surface area contributed by atoms with Gasteiger partial charge in [0, 0.05) is 17.7 Å².